The van der Waals surface area contributed by atoms with E-state index in [9.17, 15) is 19.7 Å². The third-order valence-electron chi connectivity index (χ3n) is 7.69. The second-order valence-electron chi connectivity index (χ2n) is 11.0. The Kier molecular flexibility index (Phi) is 11.4. The predicted octanol–water partition coefficient (Wildman–Crippen LogP) is 3.11. The highest BCUT2D eigenvalue weighted by atomic mass is 16.6. The molecule has 4 aromatic rings. The number of carbonyl (C=O) groups excluding carboxylic acids is 2. The molecule has 3 heterocycles. The van der Waals surface area contributed by atoms with Crippen molar-refractivity contribution in [1.29, 1.82) is 0 Å². The number of non-ortho nitro benzene ring substituents is 1. The number of carbonyl (C=O) groups is 2. The van der Waals surface area contributed by atoms with Crippen LogP contribution in [-0.2, 0) is 22.6 Å². The van der Waals surface area contributed by atoms with Gasteiger partial charge >= 0.3 is 12.1 Å². The third kappa shape index (κ3) is 9.57. The molecule has 1 fully saturated rings. The van der Waals surface area contributed by atoms with Crippen LogP contribution in [-0.4, -0.2) is 80.3 Å². The van der Waals surface area contributed by atoms with E-state index in [1.165, 1.54) is 18.5 Å². The zero-order valence-electron chi connectivity index (χ0n) is 25.8. The molecular formula is C31H38N10O6. The maximum atomic E-state index is 12.4. The summed E-state index contributed by atoms with van der Waals surface area (Å²) in [6.45, 7) is 3.06. The molecule has 47 heavy (non-hydrogen) atoms. The molecule has 2 aromatic heterocycles. The van der Waals surface area contributed by atoms with E-state index in [0.717, 1.165) is 18.4 Å². The lowest BCUT2D eigenvalue weighted by molar-refractivity contribution is -0.384. The number of benzene rings is 2. The summed E-state index contributed by atoms with van der Waals surface area (Å²) in [5.41, 5.74) is 8.74. The van der Waals surface area contributed by atoms with E-state index >= 15 is 0 Å². The topological polar surface area (TPSA) is 205 Å². The first-order valence-corrected chi connectivity index (χ1v) is 15.4. The zero-order chi connectivity index (χ0) is 33.0. The number of ether oxygens (including phenoxy) is 2. The summed E-state index contributed by atoms with van der Waals surface area (Å²) < 4.78 is 13.5. The molecule has 5 rings (SSSR count). The molecule has 3 amide bonds. The molecule has 0 aliphatic carbocycles. The maximum Gasteiger partial charge on any atom is 0.407 e. The SMILES string of the molecule is Nc1ncnc2c1ncn2C1CCC(CN(CCCNC(=O)OCc2ccc([N+](=O)[O-])cc2)CCNC(=O)NCc2ccccc2)O1. The molecule has 0 radical (unpaired) electrons. The Hall–Kier alpha value is -5.35. The van der Waals surface area contributed by atoms with Crippen molar-refractivity contribution < 1.29 is 24.0 Å². The predicted molar refractivity (Wildman–Crippen MR) is 172 cm³/mol. The molecule has 2 atom stereocenters. The van der Waals surface area contributed by atoms with Crippen molar-refractivity contribution in [1.82, 2.24) is 40.4 Å². The third-order valence-corrected chi connectivity index (χ3v) is 7.69. The van der Waals surface area contributed by atoms with Gasteiger partial charge in [0, 0.05) is 44.9 Å². The molecule has 0 bridgehead atoms. The van der Waals surface area contributed by atoms with Crippen molar-refractivity contribution in [3.05, 3.63) is 88.5 Å². The van der Waals surface area contributed by atoms with E-state index in [2.05, 4.69) is 35.8 Å². The van der Waals surface area contributed by atoms with Crippen molar-refractivity contribution in [2.24, 2.45) is 0 Å². The summed E-state index contributed by atoms with van der Waals surface area (Å²) in [7, 11) is 0. The van der Waals surface area contributed by atoms with Gasteiger partial charge in [0.05, 0.1) is 17.4 Å². The first-order chi connectivity index (χ1) is 22.9. The number of nitrogens with two attached hydrogens (primary N) is 1. The Morgan fingerprint density at radius 2 is 1.81 bits per heavy atom. The quantitative estimate of drug-likeness (QED) is 0.0839. The average Bonchev–Trinajstić information content (AvgIpc) is 3.73. The van der Waals surface area contributed by atoms with E-state index in [1.807, 2.05) is 34.9 Å². The van der Waals surface area contributed by atoms with E-state index in [0.29, 0.717) is 68.2 Å². The molecule has 248 valence electrons. The first kappa shape index (κ1) is 33.0. The smallest absolute Gasteiger partial charge is 0.407 e. The molecule has 0 saturated carbocycles. The molecule has 16 nitrogen and oxygen atoms in total. The lowest BCUT2D eigenvalue weighted by Crippen LogP contribution is -2.42. The summed E-state index contributed by atoms with van der Waals surface area (Å²) in [6, 6.07) is 15.3. The summed E-state index contributed by atoms with van der Waals surface area (Å²) in [5.74, 6) is 0.318. The van der Waals surface area contributed by atoms with Crippen molar-refractivity contribution in [3.8, 4) is 0 Å². The van der Waals surface area contributed by atoms with Gasteiger partial charge in [-0.1, -0.05) is 30.3 Å². The van der Waals surface area contributed by atoms with E-state index in [-0.39, 0.29) is 30.7 Å². The van der Waals surface area contributed by atoms with Crippen LogP contribution in [0.3, 0.4) is 0 Å². The van der Waals surface area contributed by atoms with Crippen LogP contribution in [0.4, 0.5) is 21.1 Å². The van der Waals surface area contributed by atoms with Gasteiger partial charge in [-0.05, 0) is 49.1 Å². The number of hydrogen-bond donors (Lipinski definition) is 4. The number of nitrogen functional groups attached to an aromatic ring is 1. The number of nitro groups is 1. The van der Waals surface area contributed by atoms with Gasteiger partial charge in [0.2, 0.25) is 0 Å². The van der Waals surface area contributed by atoms with Gasteiger partial charge in [0.25, 0.3) is 5.69 Å². The fourth-order valence-electron chi connectivity index (χ4n) is 5.26. The number of fused-ring (bicyclic) bond motifs is 1. The number of alkyl carbamates (subject to hydrolysis) is 1. The van der Waals surface area contributed by atoms with Crippen LogP contribution >= 0.6 is 0 Å². The van der Waals surface area contributed by atoms with Gasteiger partial charge in [0.1, 0.15) is 24.7 Å². The number of urea groups is 1. The molecule has 1 saturated heterocycles. The highest BCUT2D eigenvalue weighted by molar-refractivity contribution is 5.81. The number of hydrogen-bond acceptors (Lipinski definition) is 11. The zero-order valence-corrected chi connectivity index (χ0v) is 25.8. The number of imidazole rings is 1. The largest absolute Gasteiger partial charge is 0.445 e. The average molecular weight is 647 g/mol. The highest BCUT2D eigenvalue weighted by Gasteiger charge is 2.29. The first-order valence-electron chi connectivity index (χ1n) is 15.4. The van der Waals surface area contributed by atoms with Crippen LogP contribution < -0.4 is 21.7 Å². The Labute approximate surface area is 270 Å². The van der Waals surface area contributed by atoms with Gasteiger partial charge in [-0.3, -0.25) is 19.6 Å². The lowest BCUT2D eigenvalue weighted by Gasteiger charge is -2.26. The van der Waals surface area contributed by atoms with Gasteiger partial charge in [-0.25, -0.2) is 24.5 Å². The fourth-order valence-corrected chi connectivity index (χ4v) is 5.26. The molecule has 5 N–H and O–H groups in total. The molecule has 2 aromatic carbocycles. The Balaban J connectivity index is 1.09. The second kappa shape index (κ2) is 16.3. The Bertz CT molecular complexity index is 1640. The lowest BCUT2D eigenvalue weighted by atomic mass is 10.2. The summed E-state index contributed by atoms with van der Waals surface area (Å²) in [6.07, 6.45) is 4.42. The molecule has 1 aliphatic rings. The van der Waals surface area contributed by atoms with E-state index < -0.39 is 11.0 Å². The minimum Gasteiger partial charge on any atom is -0.445 e. The molecule has 1 aliphatic heterocycles. The normalized spacial score (nSPS) is 15.9. The van der Waals surface area contributed by atoms with Crippen LogP contribution in [0, 0.1) is 10.1 Å². The van der Waals surface area contributed by atoms with Crippen molar-refractivity contribution in [3.63, 3.8) is 0 Å². The number of rotatable bonds is 15. The van der Waals surface area contributed by atoms with Crippen molar-refractivity contribution in [2.75, 3.05) is 38.5 Å². The fraction of sp³-hybridized carbons (Fsp3) is 0.387. The monoisotopic (exact) mass is 646 g/mol. The number of nitrogens with one attached hydrogen (secondary N) is 3. The number of nitrogens with zero attached hydrogens (tertiary/aromatic N) is 6. The standard InChI is InChI=1S/C31H38N10O6/c32-28-27-29(37-20-36-28)40(21-38-27)26-12-11-25(47-26)18-39(16-14-33-30(42)35-17-22-5-2-1-3-6-22)15-4-13-34-31(43)46-19-23-7-9-24(10-8-23)41(44)45/h1-3,5-10,20-21,25-26H,4,11-19H2,(H,34,43)(H2,32,36,37)(H2,33,35,42). The van der Waals surface area contributed by atoms with Crippen molar-refractivity contribution in [2.45, 2.75) is 44.7 Å². The van der Waals surface area contributed by atoms with Gasteiger partial charge in [-0.15, -0.1) is 0 Å². The minimum atomic E-state index is -0.578. The summed E-state index contributed by atoms with van der Waals surface area (Å²) >= 11 is 0. The van der Waals surface area contributed by atoms with Crippen LogP contribution in [0.5, 0.6) is 0 Å². The number of amides is 3. The van der Waals surface area contributed by atoms with Crippen LogP contribution in [0.2, 0.25) is 0 Å². The van der Waals surface area contributed by atoms with Gasteiger partial charge < -0.3 is 31.2 Å². The van der Waals surface area contributed by atoms with Crippen LogP contribution in [0.15, 0.2) is 67.3 Å². The molecular weight excluding hydrogens is 608 g/mol. The Morgan fingerprint density at radius 3 is 2.60 bits per heavy atom. The molecule has 0 spiro atoms. The maximum absolute atomic E-state index is 12.4. The second-order valence-corrected chi connectivity index (χ2v) is 11.0. The van der Waals surface area contributed by atoms with Crippen LogP contribution in [0.25, 0.3) is 11.2 Å². The van der Waals surface area contributed by atoms with E-state index in [1.54, 1.807) is 18.5 Å². The van der Waals surface area contributed by atoms with Gasteiger partial charge in [-0.2, -0.15) is 0 Å². The van der Waals surface area contributed by atoms with E-state index in [4.69, 9.17) is 15.2 Å². The van der Waals surface area contributed by atoms with Gasteiger partial charge in [0.15, 0.2) is 11.5 Å². The summed E-state index contributed by atoms with van der Waals surface area (Å²) in [5, 5.41) is 19.3. The molecule has 2 unspecified atom stereocenters. The Morgan fingerprint density at radius 1 is 1.00 bits per heavy atom. The number of nitro benzene ring substituents is 1. The highest BCUT2D eigenvalue weighted by Crippen LogP contribution is 2.31. The van der Waals surface area contributed by atoms with Crippen molar-refractivity contribution >= 4 is 34.8 Å². The summed E-state index contributed by atoms with van der Waals surface area (Å²) in [4.78, 5) is 49.9. The minimum absolute atomic E-state index is 0.00102. The van der Waals surface area contributed by atoms with Crippen LogP contribution in [0.1, 0.15) is 36.6 Å². The number of aromatic nitrogens is 4. The molecule has 16 heteroatoms. The number of anilines is 1.